The van der Waals surface area contributed by atoms with Gasteiger partial charge in [0.05, 0.1) is 6.26 Å². The topological polar surface area (TPSA) is 68.5 Å². The highest BCUT2D eigenvalue weighted by molar-refractivity contribution is 7.99. The highest BCUT2D eigenvalue weighted by atomic mass is 32.2. The van der Waals surface area contributed by atoms with Gasteiger partial charge < -0.3 is 14.5 Å². The van der Waals surface area contributed by atoms with Crippen LogP contribution in [0.5, 0.6) is 0 Å². The maximum absolute atomic E-state index is 12.3. The van der Waals surface area contributed by atoms with E-state index in [2.05, 4.69) is 5.32 Å². The SMILES string of the molecule is O=C(COC(=O)c1occc1-c1ccccc1)Nc1ccc(SC(F)F)cc1. The Kier molecular flexibility index (Phi) is 6.44. The van der Waals surface area contributed by atoms with Crippen LogP contribution in [0.15, 0.2) is 76.2 Å². The maximum atomic E-state index is 12.3. The van der Waals surface area contributed by atoms with Crippen molar-refractivity contribution in [1.29, 1.82) is 0 Å². The summed E-state index contributed by atoms with van der Waals surface area (Å²) >= 11 is 0.412. The fourth-order valence-corrected chi connectivity index (χ4v) is 2.92. The van der Waals surface area contributed by atoms with Gasteiger partial charge in [-0.25, -0.2) is 4.79 Å². The van der Waals surface area contributed by atoms with Gasteiger partial charge in [-0.05, 0) is 35.9 Å². The second kappa shape index (κ2) is 9.18. The maximum Gasteiger partial charge on any atom is 0.375 e. The molecule has 5 nitrogen and oxygen atoms in total. The zero-order chi connectivity index (χ0) is 19.9. The van der Waals surface area contributed by atoms with Gasteiger partial charge in [0.25, 0.3) is 11.7 Å². The molecule has 1 aromatic heterocycles. The van der Waals surface area contributed by atoms with Gasteiger partial charge in [0.1, 0.15) is 0 Å². The second-order valence-corrected chi connectivity index (χ2v) is 6.62. The number of amides is 1. The highest BCUT2D eigenvalue weighted by Gasteiger charge is 2.19. The molecule has 3 aromatic rings. The number of anilines is 1. The number of thioether (sulfide) groups is 1. The number of nitrogens with one attached hydrogen (secondary N) is 1. The van der Waals surface area contributed by atoms with Gasteiger partial charge in [-0.15, -0.1) is 0 Å². The quantitative estimate of drug-likeness (QED) is 0.441. The third-order valence-electron chi connectivity index (χ3n) is 3.63. The summed E-state index contributed by atoms with van der Waals surface area (Å²) in [6.45, 7) is -0.513. The standard InChI is InChI=1S/C20H15F2NO4S/c21-20(22)28-15-8-6-14(7-9-15)23-17(24)12-27-19(25)18-16(10-11-26-18)13-4-2-1-3-5-13/h1-11,20H,12H2,(H,23,24). The van der Waals surface area contributed by atoms with Crippen molar-refractivity contribution in [1.82, 2.24) is 0 Å². The Labute approximate surface area is 163 Å². The van der Waals surface area contributed by atoms with Gasteiger partial charge in [0, 0.05) is 16.1 Å². The van der Waals surface area contributed by atoms with Crippen LogP contribution in [-0.2, 0) is 9.53 Å². The first kappa shape index (κ1) is 19.6. The highest BCUT2D eigenvalue weighted by Crippen LogP contribution is 2.26. The minimum Gasteiger partial charge on any atom is -0.457 e. The summed E-state index contributed by atoms with van der Waals surface area (Å²) in [6, 6.07) is 16.7. The molecule has 0 unspecified atom stereocenters. The molecule has 144 valence electrons. The van der Waals surface area contributed by atoms with Gasteiger partial charge in [-0.2, -0.15) is 8.78 Å². The van der Waals surface area contributed by atoms with E-state index in [4.69, 9.17) is 9.15 Å². The zero-order valence-corrected chi connectivity index (χ0v) is 15.2. The summed E-state index contributed by atoms with van der Waals surface area (Å²) < 4.78 is 34.8. The molecule has 0 spiro atoms. The molecule has 1 N–H and O–H groups in total. The number of furan rings is 1. The fourth-order valence-electron chi connectivity index (χ4n) is 2.43. The molecule has 1 heterocycles. The number of hydrogen-bond donors (Lipinski definition) is 1. The van der Waals surface area contributed by atoms with E-state index in [1.807, 2.05) is 30.3 Å². The Morgan fingerprint density at radius 2 is 1.75 bits per heavy atom. The number of carbonyl (C=O) groups is 2. The first-order chi connectivity index (χ1) is 13.5. The van der Waals surface area contributed by atoms with Crippen molar-refractivity contribution in [3.63, 3.8) is 0 Å². The molecule has 3 rings (SSSR count). The monoisotopic (exact) mass is 403 g/mol. The molecule has 0 aliphatic carbocycles. The number of alkyl halides is 2. The Hall–Kier alpha value is -3.13. The molecule has 28 heavy (non-hydrogen) atoms. The smallest absolute Gasteiger partial charge is 0.375 e. The second-order valence-electron chi connectivity index (χ2n) is 5.56. The zero-order valence-electron chi connectivity index (χ0n) is 14.4. The van der Waals surface area contributed by atoms with Crippen molar-refractivity contribution in [2.45, 2.75) is 10.7 Å². The lowest BCUT2D eigenvalue weighted by Gasteiger charge is -2.07. The van der Waals surface area contributed by atoms with Crippen LogP contribution in [0.4, 0.5) is 14.5 Å². The summed E-state index contributed by atoms with van der Waals surface area (Å²) in [5.74, 6) is -3.83. The van der Waals surface area contributed by atoms with Crippen LogP contribution >= 0.6 is 11.8 Å². The van der Waals surface area contributed by atoms with Crippen LogP contribution in [0.3, 0.4) is 0 Å². The molecule has 0 radical (unpaired) electrons. The number of esters is 1. The van der Waals surface area contributed by atoms with E-state index in [1.54, 1.807) is 6.07 Å². The Balaban J connectivity index is 1.55. The van der Waals surface area contributed by atoms with E-state index in [1.165, 1.54) is 30.5 Å². The Morgan fingerprint density at radius 3 is 2.43 bits per heavy atom. The van der Waals surface area contributed by atoms with E-state index in [-0.39, 0.29) is 5.76 Å². The summed E-state index contributed by atoms with van der Waals surface area (Å²) in [7, 11) is 0. The van der Waals surface area contributed by atoms with Crippen molar-refractivity contribution in [2.75, 3.05) is 11.9 Å². The van der Waals surface area contributed by atoms with E-state index < -0.39 is 24.2 Å². The third kappa shape index (κ3) is 5.20. The minimum absolute atomic E-state index is 0.00683. The van der Waals surface area contributed by atoms with Crippen molar-refractivity contribution in [3.8, 4) is 11.1 Å². The molecule has 8 heteroatoms. The van der Waals surface area contributed by atoms with Gasteiger partial charge in [0.2, 0.25) is 5.76 Å². The van der Waals surface area contributed by atoms with E-state index in [0.29, 0.717) is 27.9 Å². The molecule has 0 aliphatic rings. The van der Waals surface area contributed by atoms with E-state index in [9.17, 15) is 18.4 Å². The fraction of sp³-hybridized carbons (Fsp3) is 0.100. The van der Waals surface area contributed by atoms with Crippen LogP contribution in [0, 0.1) is 0 Å². The van der Waals surface area contributed by atoms with Gasteiger partial charge in [-0.3, -0.25) is 4.79 Å². The number of rotatable bonds is 7. The number of benzene rings is 2. The van der Waals surface area contributed by atoms with E-state index >= 15 is 0 Å². The molecule has 0 saturated carbocycles. The Bertz CT molecular complexity index is 942. The predicted octanol–water partition coefficient (Wildman–Crippen LogP) is 5.06. The van der Waals surface area contributed by atoms with Gasteiger partial charge in [0.15, 0.2) is 6.61 Å². The normalized spacial score (nSPS) is 10.7. The van der Waals surface area contributed by atoms with Crippen molar-refractivity contribution in [3.05, 3.63) is 72.7 Å². The van der Waals surface area contributed by atoms with Gasteiger partial charge in [-0.1, -0.05) is 42.1 Å². The molecular formula is C20H15F2NO4S. The largest absolute Gasteiger partial charge is 0.457 e. The van der Waals surface area contributed by atoms with E-state index in [0.717, 1.165) is 5.56 Å². The van der Waals surface area contributed by atoms with Crippen LogP contribution < -0.4 is 5.32 Å². The molecule has 0 saturated heterocycles. The summed E-state index contributed by atoms with van der Waals surface area (Å²) in [4.78, 5) is 24.6. The van der Waals surface area contributed by atoms with Crippen molar-refractivity contribution < 1.29 is 27.5 Å². The predicted molar refractivity (Wildman–Crippen MR) is 101 cm³/mol. The number of halogens is 2. The van der Waals surface area contributed by atoms with Crippen LogP contribution in [0.25, 0.3) is 11.1 Å². The summed E-state index contributed by atoms with van der Waals surface area (Å²) in [5.41, 5.74) is 1.76. The minimum atomic E-state index is -2.51. The molecule has 0 aliphatic heterocycles. The summed E-state index contributed by atoms with van der Waals surface area (Å²) in [5, 5.41) is 2.53. The van der Waals surface area contributed by atoms with Crippen molar-refractivity contribution >= 4 is 29.3 Å². The molecule has 2 aromatic carbocycles. The molecule has 1 amide bonds. The molecular weight excluding hydrogens is 388 g/mol. The van der Waals surface area contributed by atoms with Crippen LogP contribution in [-0.4, -0.2) is 24.2 Å². The molecule has 0 fully saturated rings. The number of carbonyl (C=O) groups excluding carboxylic acids is 2. The molecule has 0 atom stereocenters. The molecule has 0 bridgehead atoms. The Morgan fingerprint density at radius 1 is 1.04 bits per heavy atom. The van der Waals surface area contributed by atoms with Gasteiger partial charge >= 0.3 is 5.97 Å². The first-order valence-corrected chi connectivity index (χ1v) is 9.05. The number of hydrogen-bond acceptors (Lipinski definition) is 5. The number of ether oxygens (including phenoxy) is 1. The average molecular weight is 403 g/mol. The lowest BCUT2D eigenvalue weighted by atomic mass is 10.1. The lowest BCUT2D eigenvalue weighted by Crippen LogP contribution is -2.20. The van der Waals surface area contributed by atoms with Crippen LogP contribution in [0.1, 0.15) is 10.6 Å². The van der Waals surface area contributed by atoms with Crippen molar-refractivity contribution in [2.24, 2.45) is 0 Å². The summed E-state index contributed by atoms with van der Waals surface area (Å²) in [6.07, 6.45) is 1.37. The average Bonchev–Trinajstić information content (AvgIpc) is 3.18. The van der Waals surface area contributed by atoms with Crippen LogP contribution in [0.2, 0.25) is 0 Å². The third-order valence-corrected chi connectivity index (χ3v) is 4.36. The lowest BCUT2D eigenvalue weighted by molar-refractivity contribution is -0.119. The first-order valence-electron chi connectivity index (χ1n) is 8.17.